The molecule has 5 heteroatoms. The van der Waals surface area contributed by atoms with Crippen molar-refractivity contribution >= 4 is 29.7 Å². The van der Waals surface area contributed by atoms with E-state index < -0.39 is 0 Å². The van der Waals surface area contributed by atoms with Gasteiger partial charge in [-0.25, -0.2) is 0 Å². The molecular formula is C14H10ClNO3. The minimum atomic E-state index is -0.264. The summed E-state index contributed by atoms with van der Waals surface area (Å²) in [6.07, 6.45) is 0. The molecule has 4 nitrogen and oxygen atoms in total. The van der Waals surface area contributed by atoms with Gasteiger partial charge in [0.05, 0.1) is 0 Å². The lowest BCUT2D eigenvalue weighted by molar-refractivity contribution is -0.120. The maximum absolute atomic E-state index is 11.9. The first-order valence-corrected chi connectivity index (χ1v) is 5.84. The second kappa shape index (κ2) is 6.02. The van der Waals surface area contributed by atoms with Crippen LogP contribution in [0.5, 0.6) is 5.75 Å². The van der Waals surface area contributed by atoms with Crippen LogP contribution in [0.2, 0.25) is 5.02 Å². The number of carbonyl (C=O) groups is 2. The largest absolute Gasteiger partial charge is 0.429 e. The van der Waals surface area contributed by atoms with Crippen molar-refractivity contribution in [2.75, 3.05) is 5.32 Å². The number of carbonyl (C=O) groups excluding carboxylic acids is 2. The van der Waals surface area contributed by atoms with Gasteiger partial charge in [0.1, 0.15) is 5.75 Å². The number of benzene rings is 2. The second-order valence-corrected chi connectivity index (χ2v) is 4.14. The topological polar surface area (TPSA) is 55.4 Å². The van der Waals surface area contributed by atoms with Gasteiger partial charge in [-0.2, -0.15) is 0 Å². The summed E-state index contributed by atoms with van der Waals surface area (Å²) < 4.78 is 4.70. The van der Waals surface area contributed by atoms with Gasteiger partial charge in [0.25, 0.3) is 12.4 Å². The van der Waals surface area contributed by atoms with Gasteiger partial charge in [0.15, 0.2) is 0 Å². The Morgan fingerprint density at radius 2 is 1.89 bits per heavy atom. The van der Waals surface area contributed by atoms with Crippen LogP contribution < -0.4 is 10.1 Å². The zero-order valence-corrected chi connectivity index (χ0v) is 10.6. The number of nitrogens with one attached hydrogen (secondary N) is 1. The molecule has 1 N–H and O–H groups in total. The Morgan fingerprint density at radius 3 is 2.58 bits per heavy atom. The predicted molar refractivity (Wildman–Crippen MR) is 72.5 cm³/mol. The molecule has 0 saturated carbocycles. The van der Waals surface area contributed by atoms with Crippen molar-refractivity contribution in [2.45, 2.75) is 0 Å². The Balaban J connectivity index is 2.12. The lowest BCUT2D eigenvalue weighted by atomic mass is 10.2. The molecule has 2 aromatic rings. The standard InChI is InChI=1S/C14H10ClNO3/c15-11-6-4-10(5-7-11)14(18)16-12-2-1-3-13(8-12)19-9-17/h1-9H,(H,16,18). The van der Waals surface area contributed by atoms with Crippen LogP contribution in [0.4, 0.5) is 5.69 Å². The fourth-order valence-electron chi connectivity index (χ4n) is 1.51. The molecule has 2 aromatic carbocycles. The number of hydrogen-bond acceptors (Lipinski definition) is 3. The number of ether oxygens (including phenoxy) is 1. The Kier molecular flexibility index (Phi) is 4.15. The quantitative estimate of drug-likeness (QED) is 0.872. The maximum atomic E-state index is 11.9. The third-order valence-electron chi connectivity index (χ3n) is 2.38. The molecule has 0 aromatic heterocycles. The first-order chi connectivity index (χ1) is 9.19. The van der Waals surface area contributed by atoms with E-state index in [-0.39, 0.29) is 5.91 Å². The number of halogens is 1. The monoisotopic (exact) mass is 275 g/mol. The highest BCUT2D eigenvalue weighted by Crippen LogP contribution is 2.18. The molecule has 0 bridgehead atoms. The minimum absolute atomic E-state index is 0.264. The summed E-state index contributed by atoms with van der Waals surface area (Å²) in [4.78, 5) is 22.2. The van der Waals surface area contributed by atoms with E-state index in [1.165, 1.54) is 0 Å². The smallest absolute Gasteiger partial charge is 0.298 e. The van der Waals surface area contributed by atoms with Crippen molar-refractivity contribution in [2.24, 2.45) is 0 Å². The third-order valence-corrected chi connectivity index (χ3v) is 2.63. The van der Waals surface area contributed by atoms with Crippen molar-refractivity contribution in [3.8, 4) is 5.75 Å². The molecule has 19 heavy (non-hydrogen) atoms. The van der Waals surface area contributed by atoms with Gasteiger partial charge in [0.2, 0.25) is 0 Å². The molecule has 96 valence electrons. The third kappa shape index (κ3) is 3.56. The lowest BCUT2D eigenvalue weighted by Crippen LogP contribution is -2.11. The molecule has 1 amide bonds. The van der Waals surface area contributed by atoms with Gasteiger partial charge < -0.3 is 10.1 Å². The number of anilines is 1. The van der Waals surface area contributed by atoms with Crippen LogP contribution in [-0.2, 0) is 4.79 Å². The fraction of sp³-hybridized carbons (Fsp3) is 0. The van der Waals surface area contributed by atoms with Gasteiger partial charge in [-0.15, -0.1) is 0 Å². The normalized spacial score (nSPS) is 9.74. The zero-order chi connectivity index (χ0) is 13.7. The van der Waals surface area contributed by atoms with Crippen molar-refractivity contribution in [3.63, 3.8) is 0 Å². The summed E-state index contributed by atoms with van der Waals surface area (Å²) in [6, 6.07) is 13.1. The van der Waals surface area contributed by atoms with Crippen LogP contribution in [0.15, 0.2) is 48.5 Å². The summed E-state index contributed by atoms with van der Waals surface area (Å²) in [7, 11) is 0. The van der Waals surface area contributed by atoms with E-state index in [9.17, 15) is 9.59 Å². The molecule has 0 unspecified atom stereocenters. The van der Waals surface area contributed by atoms with Crippen LogP contribution in [0.25, 0.3) is 0 Å². The van der Waals surface area contributed by atoms with E-state index in [4.69, 9.17) is 16.3 Å². The SMILES string of the molecule is O=COc1cccc(NC(=O)c2ccc(Cl)cc2)c1. The van der Waals surface area contributed by atoms with E-state index in [1.54, 1.807) is 48.5 Å². The van der Waals surface area contributed by atoms with Crippen LogP contribution in [-0.4, -0.2) is 12.4 Å². The van der Waals surface area contributed by atoms with Crippen LogP contribution in [0.3, 0.4) is 0 Å². The Bertz CT molecular complexity index is 596. The molecule has 0 aliphatic rings. The van der Waals surface area contributed by atoms with Crippen molar-refractivity contribution in [1.29, 1.82) is 0 Å². The Labute approximate surface area is 115 Å². The average molecular weight is 276 g/mol. The summed E-state index contributed by atoms with van der Waals surface area (Å²) in [5.41, 5.74) is 1.03. The Hall–Kier alpha value is -2.33. The maximum Gasteiger partial charge on any atom is 0.298 e. The fourth-order valence-corrected chi connectivity index (χ4v) is 1.63. The van der Waals surface area contributed by atoms with Crippen LogP contribution >= 0.6 is 11.6 Å². The molecule has 0 atom stereocenters. The van der Waals surface area contributed by atoms with Gasteiger partial charge in [-0.3, -0.25) is 9.59 Å². The van der Waals surface area contributed by atoms with Crippen LogP contribution in [0, 0.1) is 0 Å². The van der Waals surface area contributed by atoms with Gasteiger partial charge in [-0.05, 0) is 36.4 Å². The van der Waals surface area contributed by atoms with Crippen molar-refractivity contribution < 1.29 is 14.3 Å². The molecule has 0 aliphatic carbocycles. The zero-order valence-electron chi connectivity index (χ0n) is 9.80. The van der Waals surface area contributed by atoms with E-state index >= 15 is 0 Å². The highest BCUT2D eigenvalue weighted by molar-refractivity contribution is 6.30. The second-order valence-electron chi connectivity index (χ2n) is 3.70. The van der Waals surface area contributed by atoms with Gasteiger partial charge >= 0.3 is 0 Å². The van der Waals surface area contributed by atoms with Gasteiger partial charge in [-0.1, -0.05) is 17.7 Å². The van der Waals surface area contributed by atoms with Crippen molar-refractivity contribution in [3.05, 3.63) is 59.1 Å². The molecule has 0 fully saturated rings. The first-order valence-electron chi connectivity index (χ1n) is 5.46. The molecule has 0 saturated heterocycles. The molecular weight excluding hydrogens is 266 g/mol. The van der Waals surface area contributed by atoms with E-state index in [0.29, 0.717) is 28.5 Å². The summed E-state index contributed by atoms with van der Waals surface area (Å²) in [6.45, 7) is 0.333. The summed E-state index contributed by atoms with van der Waals surface area (Å²) >= 11 is 5.75. The van der Waals surface area contributed by atoms with Gasteiger partial charge in [0, 0.05) is 22.3 Å². The molecule has 0 heterocycles. The molecule has 2 rings (SSSR count). The van der Waals surface area contributed by atoms with E-state index in [2.05, 4.69) is 5.32 Å². The highest BCUT2D eigenvalue weighted by atomic mass is 35.5. The Morgan fingerprint density at radius 1 is 1.16 bits per heavy atom. The summed E-state index contributed by atoms with van der Waals surface area (Å²) in [5, 5.41) is 3.27. The number of rotatable bonds is 4. The minimum Gasteiger partial charge on any atom is -0.429 e. The average Bonchev–Trinajstić information content (AvgIpc) is 2.40. The number of amides is 1. The first kappa shape index (κ1) is 13.1. The van der Waals surface area contributed by atoms with Crippen LogP contribution in [0.1, 0.15) is 10.4 Å². The lowest BCUT2D eigenvalue weighted by Gasteiger charge is -2.06. The summed E-state index contributed by atoms with van der Waals surface area (Å²) in [5.74, 6) is 0.101. The molecule has 0 aliphatic heterocycles. The number of hydrogen-bond donors (Lipinski definition) is 1. The van der Waals surface area contributed by atoms with E-state index in [1.807, 2.05) is 0 Å². The van der Waals surface area contributed by atoms with E-state index in [0.717, 1.165) is 0 Å². The molecule has 0 spiro atoms. The predicted octanol–water partition coefficient (Wildman–Crippen LogP) is 3.13. The van der Waals surface area contributed by atoms with Crippen molar-refractivity contribution in [1.82, 2.24) is 0 Å². The highest BCUT2D eigenvalue weighted by Gasteiger charge is 2.06. The molecule has 0 radical (unpaired) electrons.